The maximum Gasteiger partial charge on any atom is 0.273 e. The van der Waals surface area contributed by atoms with Crippen molar-refractivity contribution in [2.24, 2.45) is 0 Å². The van der Waals surface area contributed by atoms with Crippen LogP contribution in [0.1, 0.15) is 23.1 Å². The van der Waals surface area contributed by atoms with Crippen molar-refractivity contribution in [2.45, 2.75) is 26.3 Å². The number of amides is 1. The topological polar surface area (TPSA) is 66.7 Å². The third-order valence-electron chi connectivity index (χ3n) is 5.00. The van der Waals surface area contributed by atoms with E-state index in [4.69, 9.17) is 0 Å². The van der Waals surface area contributed by atoms with Crippen LogP contribution in [0.4, 0.5) is 5.69 Å². The van der Waals surface area contributed by atoms with E-state index in [0.717, 1.165) is 26.1 Å². The van der Waals surface area contributed by atoms with Crippen molar-refractivity contribution >= 4 is 11.6 Å². The van der Waals surface area contributed by atoms with Crippen molar-refractivity contribution in [1.29, 1.82) is 0 Å². The first-order chi connectivity index (χ1) is 13.0. The van der Waals surface area contributed by atoms with Gasteiger partial charge in [-0.3, -0.25) is 19.8 Å². The van der Waals surface area contributed by atoms with Crippen LogP contribution in [0.25, 0.3) is 0 Å². The summed E-state index contributed by atoms with van der Waals surface area (Å²) in [5, 5.41) is 11.1. The largest absolute Gasteiger partial charge is 0.341 e. The fourth-order valence-electron chi connectivity index (χ4n) is 3.44. The fraction of sp³-hybridized carbons (Fsp3) is 0.381. The van der Waals surface area contributed by atoms with Gasteiger partial charge < -0.3 is 4.90 Å². The molecule has 1 amide bonds. The zero-order chi connectivity index (χ0) is 19.2. The number of aryl methyl sites for hydroxylation is 1. The molecule has 2 aromatic rings. The molecule has 0 spiro atoms. The van der Waals surface area contributed by atoms with E-state index in [0.29, 0.717) is 18.7 Å². The molecule has 0 bridgehead atoms. The molecule has 0 atom stereocenters. The van der Waals surface area contributed by atoms with E-state index < -0.39 is 4.92 Å². The predicted octanol–water partition coefficient (Wildman–Crippen LogP) is 3.18. The Kier molecular flexibility index (Phi) is 6.19. The molecule has 2 aromatic carbocycles. The van der Waals surface area contributed by atoms with Gasteiger partial charge in [0.2, 0.25) is 5.91 Å². The van der Waals surface area contributed by atoms with Crippen LogP contribution in [0.5, 0.6) is 0 Å². The predicted molar refractivity (Wildman–Crippen MR) is 104 cm³/mol. The van der Waals surface area contributed by atoms with Crippen molar-refractivity contribution in [1.82, 2.24) is 9.80 Å². The van der Waals surface area contributed by atoms with E-state index in [-0.39, 0.29) is 18.0 Å². The van der Waals surface area contributed by atoms with Gasteiger partial charge in [-0.2, -0.15) is 0 Å². The third-order valence-corrected chi connectivity index (χ3v) is 5.00. The van der Waals surface area contributed by atoms with Gasteiger partial charge in [0.15, 0.2) is 0 Å². The zero-order valence-electron chi connectivity index (χ0n) is 15.6. The second-order valence-electron chi connectivity index (χ2n) is 7.06. The summed E-state index contributed by atoms with van der Waals surface area (Å²) >= 11 is 0. The Morgan fingerprint density at radius 3 is 2.52 bits per heavy atom. The van der Waals surface area contributed by atoms with E-state index in [1.54, 1.807) is 18.2 Å². The standard InChI is InChI=1S/C21H25N3O3/c1-17-7-9-18(10-8-17)16-22-11-4-12-23(14-13-22)21(25)15-19-5-2-3-6-20(19)24(26)27/h2-3,5-10H,4,11-16H2,1H3. The summed E-state index contributed by atoms with van der Waals surface area (Å²) in [7, 11) is 0. The fourth-order valence-corrected chi connectivity index (χ4v) is 3.44. The Labute approximate surface area is 159 Å². The second kappa shape index (κ2) is 8.77. The highest BCUT2D eigenvalue weighted by Crippen LogP contribution is 2.19. The SMILES string of the molecule is Cc1ccc(CN2CCCN(C(=O)Cc3ccccc3[N+](=O)[O-])CC2)cc1. The van der Waals surface area contributed by atoms with Gasteiger partial charge in [-0.15, -0.1) is 0 Å². The van der Waals surface area contributed by atoms with Crippen LogP contribution >= 0.6 is 0 Å². The van der Waals surface area contributed by atoms with Crippen LogP contribution in [-0.2, 0) is 17.8 Å². The zero-order valence-corrected chi connectivity index (χ0v) is 15.6. The second-order valence-corrected chi connectivity index (χ2v) is 7.06. The molecular weight excluding hydrogens is 342 g/mol. The molecule has 6 heteroatoms. The molecular formula is C21H25N3O3. The first-order valence-electron chi connectivity index (χ1n) is 9.31. The lowest BCUT2D eigenvalue weighted by molar-refractivity contribution is -0.385. The van der Waals surface area contributed by atoms with E-state index in [1.165, 1.54) is 17.2 Å². The van der Waals surface area contributed by atoms with Gasteiger partial charge in [0, 0.05) is 44.4 Å². The maximum atomic E-state index is 12.7. The van der Waals surface area contributed by atoms with Gasteiger partial charge >= 0.3 is 0 Å². The first kappa shape index (κ1) is 19.0. The van der Waals surface area contributed by atoms with E-state index in [9.17, 15) is 14.9 Å². The average Bonchev–Trinajstić information content (AvgIpc) is 2.89. The molecule has 0 unspecified atom stereocenters. The molecule has 0 saturated carbocycles. The lowest BCUT2D eigenvalue weighted by Gasteiger charge is -2.22. The molecule has 27 heavy (non-hydrogen) atoms. The number of nitrogens with zero attached hydrogens (tertiary/aromatic N) is 3. The Balaban J connectivity index is 1.58. The summed E-state index contributed by atoms with van der Waals surface area (Å²) in [6.45, 7) is 6.08. The van der Waals surface area contributed by atoms with Gasteiger partial charge in [-0.05, 0) is 18.9 Å². The van der Waals surface area contributed by atoms with E-state index in [1.807, 2.05) is 4.90 Å². The molecule has 0 aliphatic carbocycles. The molecule has 142 valence electrons. The van der Waals surface area contributed by atoms with Crippen LogP contribution in [0.3, 0.4) is 0 Å². The van der Waals surface area contributed by atoms with Crippen molar-refractivity contribution in [3.05, 3.63) is 75.3 Å². The minimum atomic E-state index is -0.422. The minimum Gasteiger partial charge on any atom is -0.341 e. The van der Waals surface area contributed by atoms with Crippen LogP contribution in [0.15, 0.2) is 48.5 Å². The highest BCUT2D eigenvalue weighted by Gasteiger charge is 2.22. The lowest BCUT2D eigenvalue weighted by Crippen LogP contribution is -2.36. The molecule has 0 aromatic heterocycles. The van der Waals surface area contributed by atoms with Crippen molar-refractivity contribution in [3.63, 3.8) is 0 Å². The smallest absolute Gasteiger partial charge is 0.273 e. The lowest BCUT2D eigenvalue weighted by atomic mass is 10.1. The van der Waals surface area contributed by atoms with Crippen molar-refractivity contribution in [2.75, 3.05) is 26.2 Å². The number of rotatable bonds is 5. The molecule has 1 saturated heterocycles. The van der Waals surface area contributed by atoms with Gasteiger partial charge in [0.1, 0.15) is 0 Å². The van der Waals surface area contributed by atoms with Crippen LogP contribution in [0, 0.1) is 17.0 Å². The number of hydrogen-bond donors (Lipinski definition) is 0. The molecule has 1 fully saturated rings. The van der Waals surface area contributed by atoms with Crippen molar-refractivity contribution in [3.8, 4) is 0 Å². The summed E-state index contributed by atoms with van der Waals surface area (Å²) < 4.78 is 0. The molecule has 1 aliphatic heterocycles. The van der Waals surface area contributed by atoms with Crippen LogP contribution in [0.2, 0.25) is 0 Å². The van der Waals surface area contributed by atoms with Crippen LogP contribution in [-0.4, -0.2) is 46.8 Å². The summed E-state index contributed by atoms with van der Waals surface area (Å²) in [6, 6.07) is 15.0. The van der Waals surface area contributed by atoms with Crippen LogP contribution < -0.4 is 0 Å². The number of benzene rings is 2. The molecule has 1 heterocycles. The number of nitro benzene ring substituents is 1. The molecule has 6 nitrogen and oxygen atoms in total. The highest BCUT2D eigenvalue weighted by molar-refractivity contribution is 5.80. The molecule has 3 rings (SSSR count). The normalized spacial score (nSPS) is 15.4. The maximum absolute atomic E-state index is 12.7. The van der Waals surface area contributed by atoms with E-state index in [2.05, 4.69) is 36.1 Å². The number of hydrogen-bond acceptors (Lipinski definition) is 4. The Bertz CT molecular complexity index is 805. The average molecular weight is 367 g/mol. The number of carbonyl (C=O) groups excluding carboxylic acids is 1. The Morgan fingerprint density at radius 2 is 1.78 bits per heavy atom. The Morgan fingerprint density at radius 1 is 1.04 bits per heavy atom. The number of nitro groups is 1. The summed E-state index contributed by atoms with van der Waals surface area (Å²) in [6.07, 6.45) is 0.990. The van der Waals surface area contributed by atoms with Gasteiger partial charge in [-0.25, -0.2) is 0 Å². The number of para-hydroxylation sites is 1. The first-order valence-corrected chi connectivity index (χ1v) is 9.31. The Hall–Kier alpha value is -2.73. The summed E-state index contributed by atoms with van der Waals surface area (Å²) in [5.41, 5.74) is 3.02. The summed E-state index contributed by atoms with van der Waals surface area (Å²) in [4.78, 5) is 27.6. The molecule has 0 N–H and O–H groups in total. The monoisotopic (exact) mass is 367 g/mol. The van der Waals surface area contributed by atoms with Gasteiger partial charge in [0.05, 0.1) is 11.3 Å². The highest BCUT2D eigenvalue weighted by atomic mass is 16.6. The molecule has 1 aliphatic rings. The van der Waals surface area contributed by atoms with Gasteiger partial charge in [-0.1, -0.05) is 48.0 Å². The van der Waals surface area contributed by atoms with Gasteiger partial charge in [0.25, 0.3) is 5.69 Å². The summed E-state index contributed by atoms with van der Waals surface area (Å²) in [5.74, 6) is -0.0403. The van der Waals surface area contributed by atoms with Crippen molar-refractivity contribution < 1.29 is 9.72 Å². The third kappa shape index (κ3) is 5.14. The number of carbonyl (C=O) groups is 1. The van der Waals surface area contributed by atoms with E-state index >= 15 is 0 Å². The minimum absolute atomic E-state index is 0.0154. The molecule has 0 radical (unpaired) electrons. The quantitative estimate of drug-likeness (QED) is 0.601.